The number of hydrazine groups is 1. The van der Waals surface area contributed by atoms with E-state index in [2.05, 4.69) is 5.43 Å². The molecular weight excluding hydrogens is 251 g/mol. The van der Waals surface area contributed by atoms with Crippen molar-refractivity contribution in [3.63, 3.8) is 0 Å². The summed E-state index contributed by atoms with van der Waals surface area (Å²) in [5.74, 6) is 5.95. The first kappa shape index (κ1) is 13.8. The SMILES string of the molecule is NNC(CC1CCCCC1)c1ccc(Cl)cc1F. The molecule has 1 unspecified atom stereocenters. The molecule has 0 saturated heterocycles. The van der Waals surface area contributed by atoms with Crippen LogP contribution in [0.2, 0.25) is 5.02 Å². The highest BCUT2D eigenvalue weighted by Gasteiger charge is 2.21. The number of halogens is 2. The Bertz CT molecular complexity index is 391. The molecule has 1 aromatic rings. The van der Waals surface area contributed by atoms with Gasteiger partial charge < -0.3 is 0 Å². The van der Waals surface area contributed by atoms with Crippen molar-refractivity contribution in [1.82, 2.24) is 5.43 Å². The Hall–Kier alpha value is -0.640. The molecule has 1 aliphatic rings. The Morgan fingerprint density at radius 1 is 1.33 bits per heavy atom. The number of nitrogens with one attached hydrogen (secondary N) is 1. The average Bonchev–Trinajstić information content (AvgIpc) is 2.38. The summed E-state index contributed by atoms with van der Waals surface area (Å²) < 4.78 is 13.9. The molecule has 1 saturated carbocycles. The molecule has 100 valence electrons. The van der Waals surface area contributed by atoms with Crippen molar-refractivity contribution in [2.45, 2.75) is 44.6 Å². The van der Waals surface area contributed by atoms with Crippen LogP contribution in [0.4, 0.5) is 4.39 Å². The van der Waals surface area contributed by atoms with Gasteiger partial charge in [0.2, 0.25) is 0 Å². The molecule has 0 bridgehead atoms. The van der Waals surface area contributed by atoms with E-state index in [1.165, 1.54) is 38.2 Å². The Kier molecular flexibility index (Phi) is 4.98. The van der Waals surface area contributed by atoms with Crippen LogP contribution in [-0.4, -0.2) is 0 Å². The van der Waals surface area contributed by atoms with E-state index in [9.17, 15) is 4.39 Å². The smallest absolute Gasteiger partial charge is 0.129 e. The minimum Gasteiger partial charge on any atom is -0.271 e. The minimum atomic E-state index is -0.277. The number of hydrogen-bond acceptors (Lipinski definition) is 2. The molecule has 0 radical (unpaired) electrons. The van der Waals surface area contributed by atoms with Gasteiger partial charge in [-0.2, -0.15) is 0 Å². The summed E-state index contributed by atoms with van der Waals surface area (Å²) in [4.78, 5) is 0. The van der Waals surface area contributed by atoms with Crippen molar-refractivity contribution in [3.8, 4) is 0 Å². The lowest BCUT2D eigenvalue weighted by atomic mass is 9.83. The van der Waals surface area contributed by atoms with Gasteiger partial charge in [-0.1, -0.05) is 49.8 Å². The van der Waals surface area contributed by atoms with Crippen LogP contribution >= 0.6 is 11.6 Å². The van der Waals surface area contributed by atoms with Crippen LogP contribution in [0, 0.1) is 11.7 Å². The molecule has 0 aliphatic heterocycles. The van der Waals surface area contributed by atoms with Crippen LogP contribution < -0.4 is 11.3 Å². The van der Waals surface area contributed by atoms with Crippen LogP contribution in [-0.2, 0) is 0 Å². The quantitative estimate of drug-likeness (QED) is 0.642. The van der Waals surface area contributed by atoms with Crippen molar-refractivity contribution in [2.24, 2.45) is 11.8 Å². The van der Waals surface area contributed by atoms with Gasteiger partial charge in [0.25, 0.3) is 0 Å². The largest absolute Gasteiger partial charge is 0.271 e. The van der Waals surface area contributed by atoms with Gasteiger partial charge in [-0.25, -0.2) is 4.39 Å². The summed E-state index contributed by atoms with van der Waals surface area (Å²) in [6.45, 7) is 0. The van der Waals surface area contributed by atoms with E-state index in [0.29, 0.717) is 16.5 Å². The molecule has 2 rings (SSSR count). The molecule has 4 heteroatoms. The fraction of sp³-hybridized carbons (Fsp3) is 0.571. The van der Waals surface area contributed by atoms with E-state index in [-0.39, 0.29) is 11.9 Å². The van der Waals surface area contributed by atoms with E-state index in [4.69, 9.17) is 17.4 Å². The summed E-state index contributed by atoms with van der Waals surface area (Å²) in [5, 5.41) is 0.421. The van der Waals surface area contributed by atoms with E-state index in [0.717, 1.165) is 6.42 Å². The summed E-state index contributed by atoms with van der Waals surface area (Å²) in [5.41, 5.74) is 3.36. The van der Waals surface area contributed by atoms with Gasteiger partial charge in [0.1, 0.15) is 5.82 Å². The third-order valence-electron chi connectivity index (χ3n) is 3.83. The number of nitrogens with two attached hydrogens (primary N) is 1. The lowest BCUT2D eigenvalue weighted by molar-refractivity contribution is 0.298. The molecule has 0 amide bonds. The molecule has 3 N–H and O–H groups in total. The van der Waals surface area contributed by atoms with Gasteiger partial charge in [-0.05, 0) is 24.5 Å². The van der Waals surface area contributed by atoms with Gasteiger partial charge in [0.15, 0.2) is 0 Å². The van der Waals surface area contributed by atoms with Crippen LogP contribution in [0.15, 0.2) is 18.2 Å². The molecule has 1 aliphatic carbocycles. The lowest BCUT2D eigenvalue weighted by Gasteiger charge is -2.26. The predicted octanol–water partition coefficient (Wildman–Crippen LogP) is 3.95. The van der Waals surface area contributed by atoms with E-state index in [1.807, 2.05) is 0 Å². The monoisotopic (exact) mass is 270 g/mol. The fourth-order valence-electron chi connectivity index (χ4n) is 2.83. The number of benzene rings is 1. The second kappa shape index (κ2) is 6.50. The van der Waals surface area contributed by atoms with Crippen molar-refractivity contribution >= 4 is 11.6 Å². The Morgan fingerprint density at radius 2 is 2.06 bits per heavy atom. The van der Waals surface area contributed by atoms with Crippen molar-refractivity contribution in [3.05, 3.63) is 34.6 Å². The van der Waals surface area contributed by atoms with Gasteiger partial charge in [0, 0.05) is 16.6 Å². The zero-order valence-corrected chi connectivity index (χ0v) is 11.2. The normalized spacial score (nSPS) is 18.8. The summed E-state index contributed by atoms with van der Waals surface area (Å²) in [7, 11) is 0. The zero-order chi connectivity index (χ0) is 13.0. The molecular formula is C14H20ClFN2. The summed E-state index contributed by atoms with van der Waals surface area (Å²) in [6, 6.07) is 4.67. The van der Waals surface area contributed by atoms with Crippen LogP contribution in [0.5, 0.6) is 0 Å². The maximum absolute atomic E-state index is 13.9. The van der Waals surface area contributed by atoms with E-state index >= 15 is 0 Å². The first-order valence-electron chi connectivity index (χ1n) is 6.62. The summed E-state index contributed by atoms with van der Waals surface area (Å²) >= 11 is 5.77. The van der Waals surface area contributed by atoms with Gasteiger partial charge in [-0.3, -0.25) is 11.3 Å². The Morgan fingerprint density at radius 3 is 2.67 bits per heavy atom. The maximum atomic E-state index is 13.9. The second-order valence-electron chi connectivity index (χ2n) is 5.12. The zero-order valence-electron chi connectivity index (χ0n) is 10.5. The molecule has 1 atom stereocenters. The molecule has 0 spiro atoms. The van der Waals surface area contributed by atoms with E-state index in [1.54, 1.807) is 12.1 Å². The molecule has 1 fully saturated rings. The topological polar surface area (TPSA) is 38.0 Å². The highest BCUT2D eigenvalue weighted by molar-refractivity contribution is 6.30. The van der Waals surface area contributed by atoms with Gasteiger partial charge in [-0.15, -0.1) is 0 Å². The van der Waals surface area contributed by atoms with Gasteiger partial charge >= 0.3 is 0 Å². The third-order valence-corrected chi connectivity index (χ3v) is 4.07. The minimum absolute atomic E-state index is 0.120. The number of hydrogen-bond donors (Lipinski definition) is 2. The van der Waals surface area contributed by atoms with Crippen molar-refractivity contribution < 1.29 is 4.39 Å². The standard InChI is InChI=1S/C14H20ClFN2/c15-11-6-7-12(13(16)9-11)14(18-17)8-10-4-2-1-3-5-10/h6-7,9-10,14,18H,1-5,8,17H2. The first-order chi connectivity index (χ1) is 8.70. The lowest BCUT2D eigenvalue weighted by Crippen LogP contribution is -2.30. The maximum Gasteiger partial charge on any atom is 0.129 e. The second-order valence-corrected chi connectivity index (χ2v) is 5.56. The van der Waals surface area contributed by atoms with E-state index < -0.39 is 0 Å². The van der Waals surface area contributed by atoms with Gasteiger partial charge in [0.05, 0.1) is 0 Å². The van der Waals surface area contributed by atoms with Crippen LogP contribution in [0.1, 0.15) is 50.1 Å². The molecule has 2 nitrogen and oxygen atoms in total. The highest BCUT2D eigenvalue weighted by atomic mass is 35.5. The molecule has 18 heavy (non-hydrogen) atoms. The molecule has 0 aromatic heterocycles. The van der Waals surface area contributed by atoms with Crippen LogP contribution in [0.3, 0.4) is 0 Å². The van der Waals surface area contributed by atoms with Crippen molar-refractivity contribution in [1.29, 1.82) is 0 Å². The Balaban J connectivity index is 2.07. The Labute approximate surface area is 113 Å². The van der Waals surface area contributed by atoms with Crippen molar-refractivity contribution in [2.75, 3.05) is 0 Å². The summed E-state index contributed by atoms with van der Waals surface area (Å²) in [6.07, 6.45) is 7.25. The first-order valence-corrected chi connectivity index (χ1v) is 6.99. The predicted molar refractivity (Wildman–Crippen MR) is 72.7 cm³/mol. The number of rotatable bonds is 4. The third kappa shape index (κ3) is 3.44. The highest BCUT2D eigenvalue weighted by Crippen LogP contribution is 2.32. The average molecular weight is 271 g/mol. The fourth-order valence-corrected chi connectivity index (χ4v) is 2.98. The van der Waals surface area contributed by atoms with Crippen LogP contribution in [0.25, 0.3) is 0 Å². The molecule has 1 aromatic carbocycles. The molecule has 0 heterocycles.